The molecule has 0 atom stereocenters. The summed E-state index contributed by atoms with van der Waals surface area (Å²) in [4.78, 5) is 0. The minimum atomic E-state index is -0.295. The molecule has 0 amide bonds. The zero-order chi connectivity index (χ0) is 14.2. The molecule has 4 heteroatoms. The van der Waals surface area contributed by atoms with Crippen LogP contribution in [0.25, 0.3) is 11.3 Å². The van der Waals surface area contributed by atoms with E-state index >= 15 is 0 Å². The van der Waals surface area contributed by atoms with Gasteiger partial charge in [-0.1, -0.05) is 0 Å². The Hall–Kier alpha value is -2.15. The van der Waals surface area contributed by atoms with E-state index in [1.165, 1.54) is 6.07 Å². The second-order valence-electron chi connectivity index (χ2n) is 4.67. The Bertz CT molecular complexity index is 678. The van der Waals surface area contributed by atoms with Gasteiger partial charge in [0.25, 0.3) is 0 Å². The topological polar surface area (TPSA) is 41.6 Å². The molecule has 19 heavy (non-hydrogen) atoms. The molecule has 0 saturated heterocycles. The molecule has 2 rings (SSSR count). The minimum absolute atomic E-state index is 0.295. The van der Waals surface area contributed by atoms with Gasteiger partial charge in [-0.25, -0.2) is 4.39 Å². The van der Waals surface area contributed by atoms with Crippen molar-refractivity contribution in [1.29, 1.82) is 5.26 Å². The zero-order valence-electron chi connectivity index (χ0n) is 11.6. The number of rotatable bonds is 2. The molecule has 0 aliphatic heterocycles. The molecule has 0 spiro atoms. The highest BCUT2D eigenvalue weighted by atomic mass is 19.1. The lowest BCUT2D eigenvalue weighted by atomic mass is 10.0. The first-order valence-electron chi connectivity index (χ1n) is 6.24. The Morgan fingerprint density at radius 1 is 1.26 bits per heavy atom. The van der Waals surface area contributed by atoms with E-state index in [-0.39, 0.29) is 5.82 Å². The molecule has 1 heterocycles. The SMILES string of the molecule is CCn1nc(-c2cc(C)c(C)cc2F)c(C)c1C#N. The van der Waals surface area contributed by atoms with Gasteiger partial charge in [-0.05, 0) is 51.0 Å². The van der Waals surface area contributed by atoms with Crippen LogP contribution >= 0.6 is 0 Å². The summed E-state index contributed by atoms with van der Waals surface area (Å²) in [7, 11) is 0. The number of benzene rings is 1. The van der Waals surface area contributed by atoms with Crippen LogP contribution in [-0.2, 0) is 6.54 Å². The van der Waals surface area contributed by atoms with Gasteiger partial charge in [0.2, 0.25) is 0 Å². The maximum absolute atomic E-state index is 14.1. The number of hydrogen-bond donors (Lipinski definition) is 0. The number of halogens is 1. The van der Waals surface area contributed by atoms with Gasteiger partial charge in [0.1, 0.15) is 17.6 Å². The van der Waals surface area contributed by atoms with Gasteiger partial charge in [0.05, 0.1) is 5.69 Å². The third-order valence-corrected chi connectivity index (χ3v) is 3.43. The van der Waals surface area contributed by atoms with Crippen molar-refractivity contribution >= 4 is 0 Å². The predicted octanol–water partition coefficient (Wildman–Crippen LogP) is 3.51. The average molecular weight is 257 g/mol. The van der Waals surface area contributed by atoms with Crippen LogP contribution in [0.2, 0.25) is 0 Å². The maximum atomic E-state index is 14.1. The summed E-state index contributed by atoms with van der Waals surface area (Å²) < 4.78 is 15.7. The van der Waals surface area contributed by atoms with Crippen LogP contribution in [0.15, 0.2) is 12.1 Å². The molecule has 0 aliphatic carbocycles. The number of hydrogen-bond acceptors (Lipinski definition) is 2. The molecule has 0 radical (unpaired) electrons. The van der Waals surface area contributed by atoms with Gasteiger partial charge in [-0.15, -0.1) is 0 Å². The fraction of sp³-hybridized carbons (Fsp3) is 0.333. The highest BCUT2D eigenvalue weighted by Gasteiger charge is 2.18. The van der Waals surface area contributed by atoms with Crippen molar-refractivity contribution in [2.45, 2.75) is 34.2 Å². The lowest BCUT2D eigenvalue weighted by Gasteiger charge is -2.06. The molecule has 3 nitrogen and oxygen atoms in total. The Morgan fingerprint density at radius 2 is 1.89 bits per heavy atom. The van der Waals surface area contributed by atoms with Crippen LogP contribution in [-0.4, -0.2) is 9.78 Å². The lowest BCUT2D eigenvalue weighted by Crippen LogP contribution is -1.99. The van der Waals surface area contributed by atoms with Crippen molar-refractivity contribution in [2.24, 2.45) is 0 Å². The Morgan fingerprint density at radius 3 is 2.42 bits per heavy atom. The van der Waals surface area contributed by atoms with Crippen LogP contribution in [0.5, 0.6) is 0 Å². The first kappa shape index (κ1) is 13.3. The fourth-order valence-corrected chi connectivity index (χ4v) is 2.14. The molecule has 1 aromatic heterocycles. The van der Waals surface area contributed by atoms with E-state index in [1.54, 1.807) is 10.7 Å². The van der Waals surface area contributed by atoms with Crippen LogP contribution in [0.4, 0.5) is 4.39 Å². The van der Waals surface area contributed by atoms with E-state index in [2.05, 4.69) is 11.2 Å². The third kappa shape index (κ3) is 2.12. The molecular formula is C15H16FN3. The van der Waals surface area contributed by atoms with E-state index in [0.717, 1.165) is 16.7 Å². The molecule has 2 aromatic rings. The minimum Gasteiger partial charge on any atom is -0.254 e. The summed E-state index contributed by atoms with van der Waals surface area (Å²) in [5, 5.41) is 13.5. The lowest BCUT2D eigenvalue weighted by molar-refractivity contribution is 0.625. The van der Waals surface area contributed by atoms with Crippen molar-refractivity contribution in [3.8, 4) is 17.3 Å². The quantitative estimate of drug-likeness (QED) is 0.826. The normalized spacial score (nSPS) is 10.5. The van der Waals surface area contributed by atoms with Crippen LogP contribution in [0.1, 0.15) is 29.3 Å². The van der Waals surface area contributed by atoms with Gasteiger partial charge in [0, 0.05) is 17.7 Å². The average Bonchev–Trinajstić information content (AvgIpc) is 2.70. The van der Waals surface area contributed by atoms with Crippen molar-refractivity contribution in [3.63, 3.8) is 0 Å². The highest BCUT2D eigenvalue weighted by molar-refractivity contribution is 5.67. The summed E-state index contributed by atoms with van der Waals surface area (Å²) in [5.74, 6) is -0.295. The molecule has 1 aromatic carbocycles. The van der Waals surface area contributed by atoms with E-state index in [4.69, 9.17) is 5.26 Å². The molecule has 0 fully saturated rings. The molecule has 0 aliphatic rings. The summed E-state index contributed by atoms with van der Waals surface area (Å²) in [6.45, 7) is 8.13. The number of aromatic nitrogens is 2. The van der Waals surface area contributed by atoms with Crippen LogP contribution in [0, 0.1) is 37.9 Å². The van der Waals surface area contributed by atoms with Gasteiger partial charge in [-0.2, -0.15) is 10.4 Å². The van der Waals surface area contributed by atoms with Gasteiger partial charge in [-0.3, -0.25) is 4.68 Å². The Labute approximate surface area is 112 Å². The first-order valence-corrected chi connectivity index (χ1v) is 6.24. The third-order valence-electron chi connectivity index (χ3n) is 3.43. The van der Waals surface area contributed by atoms with E-state index in [9.17, 15) is 4.39 Å². The monoisotopic (exact) mass is 257 g/mol. The molecular weight excluding hydrogens is 241 g/mol. The van der Waals surface area contributed by atoms with Crippen molar-refractivity contribution in [2.75, 3.05) is 0 Å². The summed E-state index contributed by atoms with van der Waals surface area (Å²) in [5.41, 5.74) is 4.17. The van der Waals surface area contributed by atoms with Gasteiger partial charge >= 0.3 is 0 Å². The Kier molecular flexibility index (Phi) is 3.39. The predicted molar refractivity (Wildman–Crippen MR) is 72.2 cm³/mol. The Balaban J connectivity index is 2.70. The number of aryl methyl sites for hydroxylation is 3. The number of nitriles is 1. The molecule has 0 N–H and O–H groups in total. The van der Waals surface area contributed by atoms with E-state index in [0.29, 0.717) is 23.5 Å². The second kappa shape index (κ2) is 4.85. The van der Waals surface area contributed by atoms with Gasteiger partial charge < -0.3 is 0 Å². The zero-order valence-corrected chi connectivity index (χ0v) is 11.6. The number of nitrogens with zero attached hydrogens (tertiary/aromatic N) is 3. The van der Waals surface area contributed by atoms with E-state index in [1.807, 2.05) is 27.7 Å². The summed E-state index contributed by atoms with van der Waals surface area (Å²) in [6.07, 6.45) is 0. The standard InChI is InChI=1S/C15H16FN3/c1-5-19-14(8-17)11(4)15(18-19)12-6-9(2)10(3)7-13(12)16/h6-7H,5H2,1-4H3. The van der Waals surface area contributed by atoms with Crippen molar-refractivity contribution in [3.05, 3.63) is 40.3 Å². The second-order valence-corrected chi connectivity index (χ2v) is 4.67. The molecule has 98 valence electrons. The largest absolute Gasteiger partial charge is 0.254 e. The molecule has 0 bridgehead atoms. The molecule has 0 saturated carbocycles. The van der Waals surface area contributed by atoms with Crippen LogP contribution < -0.4 is 0 Å². The van der Waals surface area contributed by atoms with Crippen molar-refractivity contribution < 1.29 is 4.39 Å². The first-order chi connectivity index (χ1) is 8.99. The van der Waals surface area contributed by atoms with Crippen molar-refractivity contribution in [1.82, 2.24) is 9.78 Å². The smallest absolute Gasteiger partial charge is 0.142 e. The van der Waals surface area contributed by atoms with Crippen LogP contribution in [0.3, 0.4) is 0 Å². The fourth-order valence-electron chi connectivity index (χ4n) is 2.14. The highest BCUT2D eigenvalue weighted by Crippen LogP contribution is 2.29. The van der Waals surface area contributed by atoms with E-state index < -0.39 is 0 Å². The summed E-state index contributed by atoms with van der Waals surface area (Å²) >= 11 is 0. The maximum Gasteiger partial charge on any atom is 0.142 e. The molecule has 0 unspecified atom stereocenters. The van der Waals surface area contributed by atoms with Gasteiger partial charge in [0.15, 0.2) is 0 Å². The summed E-state index contributed by atoms with van der Waals surface area (Å²) in [6, 6.07) is 5.44.